The average molecular weight is 638 g/mol. The maximum absolute atomic E-state index is 12.8. The van der Waals surface area contributed by atoms with E-state index in [0.717, 1.165) is 53.8 Å². The molecule has 5 aliphatic carbocycles. The summed E-state index contributed by atoms with van der Waals surface area (Å²) in [7, 11) is 0. The van der Waals surface area contributed by atoms with Crippen LogP contribution in [0.5, 0.6) is 5.75 Å². The van der Waals surface area contributed by atoms with Crippen LogP contribution in [0.2, 0.25) is 0 Å². The normalized spacial score (nSPS) is 32.3. The molecule has 3 N–H and O–H groups in total. The van der Waals surface area contributed by atoms with Crippen molar-refractivity contribution in [1.29, 1.82) is 5.26 Å². The monoisotopic (exact) mass is 637 g/mol. The number of nitrogens with zero attached hydrogens (tertiary/aromatic N) is 2. The van der Waals surface area contributed by atoms with Crippen LogP contribution in [-0.2, 0) is 6.54 Å². The van der Waals surface area contributed by atoms with E-state index in [4.69, 9.17) is 4.74 Å². The molecule has 9 heteroatoms. The molecule has 1 aromatic rings. The Labute approximate surface area is 272 Å². The number of nitrogens with one attached hydrogen (secondary N) is 3. The highest BCUT2D eigenvalue weighted by atomic mass is 19.4. The van der Waals surface area contributed by atoms with Crippen LogP contribution < -0.4 is 20.7 Å². The lowest BCUT2D eigenvalue weighted by Gasteiger charge is -2.60. The van der Waals surface area contributed by atoms with Crippen molar-refractivity contribution in [3.8, 4) is 11.8 Å². The zero-order valence-corrected chi connectivity index (χ0v) is 27.4. The first kappa shape index (κ1) is 32.9. The highest BCUT2D eigenvalue weighted by Gasteiger charge is 2.55. The second-order valence-corrected chi connectivity index (χ2v) is 15.0. The van der Waals surface area contributed by atoms with Gasteiger partial charge in [-0.1, -0.05) is 44.9 Å². The number of para-hydroxylation sites is 1. The summed E-state index contributed by atoms with van der Waals surface area (Å²) in [5.41, 5.74) is 3.42. The van der Waals surface area contributed by atoms with E-state index in [-0.39, 0.29) is 17.7 Å². The van der Waals surface area contributed by atoms with Crippen LogP contribution in [0.15, 0.2) is 51.9 Å². The summed E-state index contributed by atoms with van der Waals surface area (Å²) < 4.78 is 43.4. The summed E-state index contributed by atoms with van der Waals surface area (Å²) in [5.74, 6) is 4.91. The molecule has 250 valence electrons. The van der Waals surface area contributed by atoms with Gasteiger partial charge in [-0.2, -0.15) is 18.4 Å². The first-order valence-corrected chi connectivity index (χ1v) is 17.5. The first-order chi connectivity index (χ1) is 22.1. The van der Waals surface area contributed by atoms with E-state index < -0.39 is 12.8 Å². The van der Waals surface area contributed by atoms with Crippen molar-refractivity contribution < 1.29 is 17.9 Å². The lowest BCUT2D eigenvalue weighted by Crippen LogP contribution is -2.60. The molecule has 7 rings (SSSR count). The van der Waals surface area contributed by atoms with Crippen molar-refractivity contribution in [3.63, 3.8) is 0 Å². The first-order valence-electron chi connectivity index (χ1n) is 17.5. The smallest absolute Gasteiger partial charge is 0.422 e. The van der Waals surface area contributed by atoms with Crippen LogP contribution in [0.4, 0.5) is 13.2 Å². The Bertz CT molecular complexity index is 1350. The fourth-order valence-electron chi connectivity index (χ4n) is 9.41. The molecule has 0 aromatic heterocycles. The SMILES string of the molecule is CCC1=C(NCc2ccccc2OCC(F)(F)F)N=CC(C#N)=C(NCC23CC4CC(C2)C(NCC2CCC(C)CC2)C(C4)C3)C1. The van der Waals surface area contributed by atoms with E-state index in [1.165, 1.54) is 64.3 Å². The van der Waals surface area contributed by atoms with Crippen molar-refractivity contribution in [2.45, 2.75) is 103 Å². The maximum Gasteiger partial charge on any atom is 0.422 e. The number of hydrogen-bond donors (Lipinski definition) is 3. The average Bonchev–Trinajstić information content (AvgIpc) is 3.20. The van der Waals surface area contributed by atoms with Crippen LogP contribution in [0.3, 0.4) is 0 Å². The van der Waals surface area contributed by atoms with Crippen molar-refractivity contribution in [2.24, 2.45) is 40.0 Å². The summed E-state index contributed by atoms with van der Waals surface area (Å²) in [6.45, 7) is 5.47. The fourth-order valence-corrected chi connectivity index (χ4v) is 9.41. The standard InChI is InChI=1S/C37H50F3N5O/c1-3-27-14-32(31(18-41)21-44-35(27)43-20-28-6-4-5-7-33(28)46-23-37(38,39)40)45-22-36-15-26-12-29(16-36)34(30(13-26)17-36)42-19-25-10-8-24(2)9-11-25/h4-7,21,24-26,29-30,34,42-43,45H,3,8-17,19-20,22-23H2,1-2H3. The molecule has 5 fully saturated rings. The molecule has 1 aromatic carbocycles. The Morgan fingerprint density at radius 3 is 2.48 bits per heavy atom. The van der Waals surface area contributed by atoms with Gasteiger partial charge in [-0.15, -0.1) is 0 Å². The number of halogens is 3. The molecule has 0 saturated heterocycles. The van der Waals surface area contributed by atoms with Gasteiger partial charge in [0.25, 0.3) is 0 Å². The number of aliphatic imine (C=N–C) groups is 1. The molecule has 1 aliphatic heterocycles. The van der Waals surface area contributed by atoms with E-state index >= 15 is 0 Å². The van der Waals surface area contributed by atoms with Gasteiger partial charge in [-0.3, -0.25) is 0 Å². The maximum atomic E-state index is 12.8. The van der Waals surface area contributed by atoms with E-state index in [9.17, 15) is 18.4 Å². The fraction of sp³-hybridized carbons (Fsp3) is 0.676. The Morgan fingerprint density at radius 1 is 1.04 bits per heavy atom. The third-order valence-electron chi connectivity index (χ3n) is 11.6. The van der Waals surface area contributed by atoms with Gasteiger partial charge in [0.05, 0.1) is 5.57 Å². The zero-order valence-electron chi connectivity index (χ0n) is 27.4. The van der Waals surface area contributed by atoms with E-state index in [2.05, 4.69) is 40.9 Å². The Morgan fingerprint density at radius 2 is 1.78 bits per heavy atom. The van der Waals surface area contributed by atoms with Crippen molar-refractivity contribution >= 4 is 6.21 Å². The van der Waals surface area contributed by atoms with Crippen LogP contribution in [0, 0.1) is 46.3 Å². The highest BCUT2D eigenvalue weighted by molar-refractivity contribution is 5.86. The minimum absolute atomic E-state index is 0.193. The summed E-state index contributed by atoms with van der Waals surface area (Å²) in [5, 5.41) is 21.3. The van der Waals surface area contributed by atoms with Crippen molar-refractivity contribution in [3.05, 3.63) is 52.5 Å². The summed E-state index contributed by atoms with van der Waals surface area (Å²) >= 11 is 0. The van der Waals surface area contributed by atoms with Crippen LogP contribution >= 0.6 is 0 Å². The lowest BCUT2D eigenvalue weighted by molar-refractivity contribution is -0.153. The molecular formula is C37H50F3N5O. The van der Waals surface area contributed by atoms with E-state index in [1.54, 1.807) is 30.5 Å². The molecule has 0 amide bonds. The number of nitriles is 1. The van der Waals surface area contributed by atoms with E-state index in [1.807, 2.05) is 0 Å². The minimum atomic E-state index is -4.41. The number of alkyl halides is 3. The number of ether oxygens (including phenoxy) is 1. The zero-order chi connectivity index (χ0) is 32.3. The molecule has 4 bridgehead atoms. The molecule has 6 nitrogen and oxygen atoms in total. The second-order valence-electron chi connectivity index (χ2n) is 15.0. The van der Waals surface area contributed by atoms with Gasteiger partial charge in [0.1, 0.15) is 17.6 Å². The van der Waals surface area contributed by atoms with Crippen molar-refractivity contribution in [2.75, 3.05) is 19.7 Å². The Hall–Kier alpha value is -2.99. The van der Waals surface area contributed by atoms with Crippen LogP contribution in [0.25, 0.3) is 0 Å². The number of rotatable bonds is 12. The number of hydrogen-bond acceptors (Lipinski definition) is 6. The molecule has 0 radical (unpaired) electrons. The highest BCUT2D eigenvalue weighted by Crippen LogP contribution is 2.60. The quantitative estimate of drug-likeness (QED) is 0.218. The third-order valence-corrected chi connectivity index (χ3v) is 11.6. The molecule has 2 unspecified atom stereocenters. The van der Waals surface area contributed by atoms with Crippen LogP contribution in [-0.4, -0.2) is 38.1 Å². The molecule has 1 heterocycles. The van der Waals surface area contributed by atoms with Gasteiger partial charge >= 0.3 is 6.18 Å². The van der Waals surface area contributed by atoms with Gasteiger partial charge in [-0.25, -0.2) is 4.99 Å². The lowest BCUT2D eigenvalue weighted by atomic mass is 9.48. The van der Waals surface area contributed by atoms with Gasteiger partial charge < -0.3 is 20.7 Å². The van der Waals surface area contributed by atoms with Gasteiger partial charge in [-0.05, 0) is 105 Å². The molecule has 6 aliphatic rings. The molecule has 46 heavy (non-hydrogen) atoms. The van der Waals surface area contributed by atoms with Crippen LogP contribution in [0.1, 0.15) is 90.0 Å². The number of benzene rings is 1. The molecule has 5 saturated carbocycles. The third kappa shape index (κ3) is 7.75. The Kier molecular flexibility index (Phi) is 10.0. The minimum Gasteiger partial charge on any atom is -0.484 e. The summed E-state index contributed by atoms with van der Waals surface area (Å²) in [4.78, 5) is 4.65. The van der Waals surface area contributed by atoms with E-state index in [0.29, 0.717) is 29.4 Å². The molecule has 2 atom stereocenters. The van der Waals surface area contributed by atoms with Crippen molar-refractivity contribution in [1.82, 2.24) is 16.0 Å². The predicted octanol–water partition coefficient (Wildman–Crippen LogP) is 7.79. The molecular weight excluding hydrogens is 587 g/mol. The van der Waals surface area contributed by atoms with Gasteiger partial charge in [0, 0.05) is 43.0 Å². The predicted molar refractivity (Wildman–Crippen MR) is 175 cm³/mol. The summed E-state index contributed by atoms with van der Waals surface area (Å²) in [6.07, 6.45) is 10.6. The topological polar surface area (TPSA) is 81.5 Å². The second kappa shape index (κ2) is 14.0. The largest absolute Gasteiger partial charge is 0.484 e. The number of allylic oxidation sites excluding steroid dienone is 2. The van der Waals surface area contributed by atoms with Gasteiger partial charge in [0.15, 0.2) is 6.61 Å². The molecule has 0 spiro atoms. The Balaban J connectivity index is 1.08. The van der Waals surface area contributed by atoms with Gasteiger partial charge in [0.2, 0.25) is 0 Å². The summed E-state index contributed by atoms with van der Waals surface area (Å²) in [6, 6.07) is 9.76.